The van der Waals surface area contributed by atoms with E-state index in [1.165, 1.54) is 26.4 Å². The first-order chi connectivity index (χ1) is 17.2. The number of alkyl halides is 3. The molecule has 4 bridgehead atoms. The SMILES string of the molecule is COc1ccccc1[C@@H]1C[C@@H](C(F)(F)F)n2nc(C(=O)NCC34CC5CC(CC(C5)C3)C4)c(Cl)c2N1. The summed E-state index contributed by atoms with van der Waals surface area (Å²) in [4.78, 5) is 13.2. The number of halogens is 4. The summed E-state index contributed by atoms with van der Waals surface area (Å²) in [5.41, 5.74) is 0.516. The van der Waals surface area contributed by atoms with Crippen molar-refractivity contribution in [1.29, 1.82) is 0 Å². The topological polar surface area (TPSA) is 68.2 Å². The average Bonchev–Trinajstić information content (AvgIpc) is 3.17. The van der Waals surface area contributed by atoms with Crippen LogP contribution in [0.2, 0.25) is 5.02 Å². The highest BCUT2D eigenvalue weighted by atomic mass is 35.5. The third kappa shape index (κ3) is 4.03. The molecule has 1 aromatic heterocycles. The predicted molar refractivity (Wildman–Crippen MR) is 129 cm³/mol. The smallest absolute Gasteiger partial charge is 0.410 e. The number of carbonyl (C=O) groups is 1. The van der Waals surface area contributed by atoms with Gasteiger partial charge in [0.05, 0.1) is 13.2 Å². The summed E-state index contributed by atoms with van der Waals surface area (Å²) < 4.78 is 48.6. The van der Waals surface area contributed by atoms with Crippen LogP contribution in [0.1, 0.15) is 73.1 Å². The Morgan fingerprint density at radius 1 is 1.17 bits per heavy atom. The van der Waals surface area contributed by atoms with Gasteiger partial charge in [-0.2, -0.15) is 18.3 Å². The Labute approximate surface area is 212 Å². The molecule has 1 aromatic carbocycles. The second kappa shape index (κ2) is 8.57. The average molecular weight is 523 g/mol. The van der Waals surface area contributed by atoms with Gasteiger partial charge in [-0.3, -0.25) is 4.79 Å². The monoisotopic (exact) mass is 522 g/mol. The zero-order valence-corrected chi connectivity index (χ0v) is 20.8. The number of hydrogen-bond donors (Lipinski definition) is 2. The molecule has 2 atom stereocenters. The van der Waals surface area contributed by atoms with Crippen LogP contribution in [0.5, 0.6) is 5.75 Å². The van der Waals surface area contributed by atoms with E-state index in [2.05, 4.69) is 15.7 Å². The number of benzene rings is 1. The van der Waals surface area contributed by atoms with Crippen molar-refractivity contribution in [2.24, 2.45) is 23.2 Å². The summed E-state index contributed by atoms with van der Waals surface area (Å²) >= 11 is 6.53. The maximum Gasteiger partial charge on any atom is 0.410 e. The molecule has 2 heterocycles. The van der Waals surface area contributed by atoms with E-state index in [1.807, 2.05) is 0 Å². The number of hydrogen-bond acceptors (Lipinski definition) is 4. The maximum atomic E-state index is 14.1. The van der Waals surface area contributed by atoms with E-state index in [0.29, 0.717) is 17.9 Å². The molecule has 4 saturated carbocycles. The Kier molecular flexibility index (Phi) is 5.70. The van der Waals surface area contributed by atoms with Gasteiger partial charge < -0.3 is 15.4 Å². The number of anilines is 1. The molecule has 4 fully saturated rings. The molecule has 5 aliphatic rings. The molecule has 6 nitrogen and oxygen atoms in total. The minimum atomic E-state index is -4.57. The van der Waals surface area contributed by atoms with Gasteiger partial charge in [0.2, 0.25) is 0 Å². The van der Waals surface area contributed by atoms with Crippen molar-refractivity contribution < 1.29 is 22.7 Å². The summed E-state index contributed by atoms with van der Waals surface area (Å²) in [7, 11) is 1.48. The third-order valence-electron chi connectivity index (χ3n) is 8.81. The lowest BCUT2D eigenvalue weighted by molar-refractivity contribution is -0.173. The van der Waals surface area contributed by atoms with E-state index in [-0.39, 0.29) is 28.4 Å². The van der Waals surface area contributed by atoms with E-state index >= 15 is 0 Å². The summed E-state index contributed by atoms with van der Waals surface area (Å²) in [5.74, 6) is 2.17. The highest BCUT2D eigenvalue weighted by molar-refractivity contribution is 6.36. The van der Waals surface area contributed by atoms with Crippen LogP contribution < -0.4 is 15.4 Å². The molecule has 0 saturated heterocycles. The van der Waals surface area contributed by atoms with Gasteiger partial charge in [-0.1, -0.05) is 29.8 Å². The number of ether oxygens (including phenoxy) is 1. The van der Waals surface area contributed by atoms with Crippen molar-refractivity contribution in [3.63, 3.8) is 0 Å². The highest BCUT2D eigenvalue weighted by Gasteiger charge is 2.51. The standard InChI is InChI=1S/C26H30ClF3N4O2/c1-36-19-5-3-2-4-17(19)18-9-20(26(28,29)30)34-23(32-18)21(27)22(33-34)24(35)31-13-25-10-14-6-15(11-25)8-16(7-14)12-25/h2-5,14-16,18,20,32H,6-13H2,1H3,(H,31,35)/t14?,15?,16?,18-,20-,25?/m0/s1. The van der Waals surface area contributed by atoms with Gasteiger partial charge in [0.1, 0.15) is 16.6 Å². The van der Waals surface area contributed by atoms with Gasteiger partial charge in [0, 0.05) is 18.5 Å². The van der Waals surface area contributed by atoms with E-state index in [4.69, 9.17) is 16.3 Å². The Morgan fingerprint density at radius 2 is 1.81 bits per heavy atom. The lowest BCUT2D eigenvalue weighted by Gasteiger charge is -2.56. The number of fused-ring (bicyclic) bond motifs is 1. The Morgan fingerprint density at radius 3 is 2.42 bits per heavy atom. The molecule has 2 aromatic rings. The zero-order valence-electron chi connectivity index (χ0n) is 20.1. The molecule has 7 rings (SSSR count). The minimum absolute atomic E-state index is 0.00102. The van der Waals surface area contributed by atoms with Crippen LogP contribution in [0.25, 0.3) is 0 Å². The summed E-state index contributed by atoms with van der Waals surface area (Å²) in [6, 6.07) is 4.30. The molecular formula is C26H30ClF3N4O2. The van der Waals surface area contributed by atoms with Crippen LogP contribution in [0, 0.1) is 23.2 Å². The van der Waals surface area contributed by atoms with E-state index in [0.717, 1.165) is 41.7 Å². The maximum absolute atomic E-state index is 14.1. The molecule has 1 aliphatic heterocycles. The summed E-state index contributed by atoms with van der Waals surface area (Å²) in [5, 5.41) is 10.1. The summed E-state index contributed by atoms with van der Waals surface area (Å²) in [6.45, 7) is 0.522. The molecular weight excluding hydrogens is 493 g/mol. The number of para-hydroxylation sites is 1. The number of nitrogens with zero attached hydrogens (tertiary/aromatic N) is 2. The van der Waals surface area contributed by atoms with Crippen LogP contribution in [-0.2, 0) is 0 Å². The number of aromatic nitrogens is 2. The fourth-order valence-electron chi connectivity index (χ4n) is 7.75. The third-order valence-corrected chi connectivity index (χ3v) is 9.17. The van der Waals surface area contributed by atoms with Crippen molar-refractivity contribution in [2.75, 3.05) is 19.0 Å². The van der Waals surface area contributed by atoms with E-state index in [1.54, 1.807) is 24.3 Å². The van der Waals surface area contributed by atoms with Crippen LogP contribution in [0.3, 0.4) is 0 Å². The molecule has 2 N–H and O–H groups in total. The second-order valence-electron chi connectivity index (χ2n) is 11.3. The molecule has 0 spiro atoms. The quantitative estimate of drug-likeness (QED) is 0.494. The molecule has 4 aliphatic carbocycles. The van der Waals surface area contributed by atoms with Crippen molar-refractivity contribution in [1.82, 2.24) is 15.1 Å². The highest BCUT2D eigenvalue weighted by Crippen LogP contribution is 2.59. The number of rotatable bonds is 5. The summed E-state index contributed by atoms with van der Waals surface area (Å²) in [6.07, 6.45) is 2.36. The largest absolute Gasteiger partial charge is 0.496 e. The number of nitrogens with one attached hydrogen (secondary N) is 2. The first-order valence-corrected chi connectivity index (χ1v) is 13.1. The van der Waals surface area contributed by atoms with Crippen molar-refractivity contribution in [3.05, 3.63) is 40.5 Å². The van der Waals surface area contributed by atoms with Crippen LogP contribution in [-0.4, -0.2) is 35.5 Å². The molecule has 10 heteroatoms. The zero-order chi connectivity index (χ0) is 25.2. The van der Waals surface area contributed by atoms with Gasteiger partial charge in [-0.15, -0.1) is 0 Å². The first-order valence-electron chi connectivity index (χ1n) is 12.7. The molecule has 1 amide bonds. The number of carbonyl (C=O) groups excluding carboxylic acids is 1. The van der Waals surface area contributed by atoms with Gasteiger partial charge in [0.25, 0.3) is 5.91 Å². The Balaban J connectivity index is 1.26. The molecule has 194 valence electrons. The number of amides is 1. The van der Waals surface area contributed by atoms with Gasteiger partial charge >= 0.3 is 6.18 Å². The molecule has 36 heavy (non-hydrogen) atoms. The number of methoxy groups -OCH3 is 1. The fraction of sp³-hybridized carbons (Fsp3) is 0.615. The fourth-order valence-corrected chi connectivity index (χ4v) is 8.02. The molecule has 0 radical (unpaired) electrons. The van der Waals surface area contributed by atoms with Crippen molar-refractivity contribution in [2.45, 2.75) is 63.2 Å². The predicted octanol–water partition coefficient (Wildman–Crippen LogP) is 6.15. The normalized spacial score (nSPS) is 32.6. The lowest BCUT2D eigenvalue weighted by atomic mass is 9.49. The second-order valence-corrected chi connectivity index (χ2v) is 11.7. The van der Waals surface area contributed by atoms with Gasteiger partial charge in [-0.05, 0) is 67.8 Å². The van der Waals surface area contributed by atoms with Crippen molar-refractivity contribution >= 4 is 23.3 Å². The lowest BCUT2D eigenvalue weighted by Crippen LogP contribution is -2.51. The van der Waals surface area contributed by atoms with Crippen LogP contribution in [0.4, 0.5) is 19.0 Å². The van der Waals surface area contributed by atoms with E-state index in [9.17, 15) is 18.0 Å². The Hall–Kier alpha value is -2.42. The van der Waals surface area contributed by atoms with Crippen LogP contribution >= 0.6 is 11.6 Å². The van der Waals surface area contributed by atoms with Crippen molar-refractivity contribution in [3.8, 4) is 5.75 Å². The van der Waals surface area contributed by atoms with Gasteiger partial charge in [0.15, 0.2) is 11.7 Å². The minimum Gasteiger partial charge on any atom is -0.496 e. The first kappa shape index (κ1) is 23.9. The Bertz CT molecular complexity index is 1150. The molecule has 0 unspecified atom stereocenters. The van der Waals surface area contributed by atoms with Gasteiger partial charge in [-0.25, -0.2) is 4.68 Å². The van der Waals surface area contributed by atoms with Crippen LogP contribution in [0.15, 0.2) is 24.3 Å². The van der Waals surface area contributed by atoms with E-state index < -0.39 is 24.2 Å².